The Hall–Kier alpha value is -7.05. The Morgan fingerprint density at radius 3 is 1.88 bits per heavy atom. The van der Waals surface area contributed by atoms with Gasteiger partial charge in [0, 0.05) is 54.7 Å². The van der Waals surface area contributed by atoms with E-state index >= 15 is 0 Å². The Balaban J connectivity index is 1.17. The van der Waals surface area contributed by atoms with E-state index in [2.05, 4.69) is 53.1 Å². The van der Waals surface area contributed by atoms with Crippen LogP contribution in [-0.4, -0.2) is 19.5 Å². The third-order valence-corrected chi connectivity index (χ3v) is 9.55. The van der Waals surface area contributed by atoms with Crippen molar-refractivity contribution in [3.05, 3.63) is 158 Å². The molecule has 0 amide bonds. The van der Waals surface area contributed by atoms with Crippen molar-refractivity contribution in [2.45, 2.75) is 0 Å². The lowest BCUT2D eigenvalue weighted by molar-refractivity contribution is 0.668. The predicted octanol–water partition coefficient (Wildman–Crippen LogP) is 11.8. The molecule has 0 aliphatic rings. The van der Waals surface area contributed by atoms with Gasteiger partial charge in [-0.15, -0.1) is 0 Å². The fourth-order valence-corrected chi connectivity index (χ4v) is 7.31. The van der Waals surface area contributed by atoms with Crippen LogP contribution in [0.25, 0.3) is 106 Å². The maximum Gasteiger partial charge on any atom is 0.164 e. The summed E-state index contributed by atoms with van der Waals surface area (Å²) in [6.45, 7) is 0. The number of aromatic nitrogens is 4. The molecule has 0 N–H and O–H groups in total. The van der Waals surface area contributed by atoms with E-state index in [1.807, 2.05) is 78.9 Å². The predicted molar refractivity (Wildman–Crippen MR) is 205 cm³/mol. The van der Waals surface area contributed by atoms with Gasteiger partial charge in [-0.3, -0.25) is 0 Å². The third-order valence-electron chi connectivity index (χ3n) is 9.55. The van der Waals surface area contributed by atoms with E-state index in [4.69, 9.17) is 30.6 Å². The maximum atomic E-state index is 8.81. The molecule has 51 heavy (non-hydrogen) atoms. The van der Waals surface area contributed by atoms with Gasteiger partial charge in [0.1, 0.15) is 22.3 Å². The van der Waals surface area contributed by atoms with Crippen LogP contribution in [0.4, 0.5) is 0 Å². The summed E-state index contributed by atoms with van der Waals surface area (Å²) in [6.07, 6.45) is 0. The fourth-order valence-electron chi connectivity index (χ4n) is 7.31. The zero-order chi connectivity index (χ0) is 37.8. The molecule has 4 aromatic heterocycles. The number of rotatable bonds is 4. The molecule has 0 fully saturated rings. The Labute approximate surface area is 297 Å². The van der Waals surface area contributed by atoms with Crippen molar-refractivity contribution in [3.63, 3.8) is 0 Å². The summed E-state index contributed by atoms with van der Waals surface area (Å²) in [4.78, 5) is 14.6. The first kappa shape index (κ1) is 23.3. The van der Waals surface area contributed by atoms with E-state index in [0.29, 0.717) is 27.9 Å². The Morgan fingerprint density at radius 1 is 0.451 bits per heavy atom. The zero-order valence-corrected chi connectivity index (χ0v) is 26.7. The standard InChI is InChI=1S/C45H26N4O2/c1-2-11-27(12-3-1)43-46-44(28-21-23-33-32-15-6-9-19-38(32)51-41(33)25-28)48-45(47-43)34-16-10-20-40-42(34)35-26-29(22-24-39(35)50-40)49-36-17-7-4-13-30(36)31-14-5-8-18-37(31)49/h1-26H/i1D,2D,3D,11D,12D. The summed E-state index contributed by atoms with van der Waals surface area (Å²) in [5.74, 6) is 0.439. The molecule has 0 unspecified atom stereocenters. The van der Waals surface area contributed by atoms with E-state index in [1.54, 1.807) is 0 Å². The van der Waals surface area contributed by atoms with Gasteiger partial charge in [-0.1, -0.05) is 103 Å². The van der Waals surface area contributed by atoms with Crippen LogP contribution in [-0.2, 0) is 0 Å². The smallest absolute Gasteiger partial charge is 0.164 e. The van der Waals surface area contributed by atoms with E-state index in [0.717, 1.165) is 54.6 Å². The van der Waals surface area contributed by atoms with Crippen LogP contribution >= 0.6 is 0 Å². The first-order valence-corrected chi connectivity index (χ1v) is 16.5. The van der Waals surface area contributed by atoms with E-state index < -0.39 is 30.2 Å². The van der Waals surface area contributed by atoms with Crippen molar-refractivity contribution in [1.29, 1.82) is 0 Å². The second kappa shape index (κ2) is 10.7. The first-order valence-electron chi connectivity index (χ1n) is 19.0. The van der Waals surface area contributed by atoms with E-state index in [1.165, 1.54) is 0 Å². The summed E-state index contributed by atoms with van der Waals surface area (Å²) >= 11 is 0. The molecule has 0 aliphatic carbocycles. The summed E-state index contributed by atoms with van der Waals surface area (Å²) in [7, 11) is 0. The lowest BCUT2D eigenvalue weighted by Crippen LogP contribution is -2.00. The molecule has 0 saturated carbocycles. The van der Waals surface area contributed by atoms with Crippen LogP contribution in [0.2, 0.25) is 0 Å². The van der Waals surface area contributed by atoms with Gasteiger partial charge in [-0.05, 0) is 54.6 Å². The molecule has 11 rings (SSSR count). The van der Waals surface area contributed by atoms with E-state index in [-0.39, 0.29) is 23.0 Å². The number of hydrogen-bond acceptors (Lipinski definition) is 5. The van der Waals surface area contributed by atoms with Crippen molar-refractivity contribution >= 4 is 65.7 Å². The topological polar surface area (TPSA) is 69.9 Å². The normalized spacial score (nSPS) is 13.3. The molecule has 0 aliphatic heterocycles. The second-order valence-electron chi connectivity index (χ2n) is 12.4. The SMILES string of the molecule is [2H]c1c([2H])c([2H])c(-c2nc(-c3ccc4c(c3)oc3ccccc34)nc(-c3cccc4oc5ccc(-n6c7ccccc7c7ccccc76)cc5c34)n2)c([2H])c1[2H]. The summed E-state index contributed by atoms with van der Waals surface area (Å²) in [5, 5.41) is 5.81. The van der Waals surface area contributed by atoms with Gasteiger partial charge in [0.15, 0.2) is 17.5 Å². The van der Waals surface area contributed by atoms with Gasteiger partial charge >= 0.3 is 0 Å². The number of nitrogens with zero attached hydrogens (tertiary/aromatic N) is 4. The second-order valence-corrected chi connectivity index (χ2v) is 12.4. The van der Waals surface area contributed by atoms with Crippen molar-refractivity contribution in [2.24, 2.45) is 0 Å². The average Bonchev–Trinajstić information content (AvgIpc) is 3.91. The molecule has 0 bridgehead atoms. The zero-order valence-electron chi connectivity index (χ0n) is 31.7. The van der Waals surface area contributed by atoms with E-state index in [9.17, 15) is 0 Å². The van der Waals surface area contributed by atoms with Gasteiger partial charge in [0.05, 0.1) is 17.9 Å². The number of benzene rings is 7. The molecular formula is C45H26N4O2. The van der Waals surface area contributed by atoms with Crippen LogP contribution in [0.1, 0.15) is 6.85 Å². The van der Waals surface area contributed by atoms with Crippen molar-refractivity contribution < 1.29 is 15.7 Å². The molecule has 0 radical (unpaired) electrons. The largest absolute Gasteiger partial charge is 0.456 e. The van der Waals surface area contributed by atoms with Gasteiger partial charge in [-0.2, -0.15) is 0 Å². The van der Waals surface area contributed by atoms with Crippen LogP contribution in [0.5, 0.6) is 0 Å². The third kappa shape index (κ3) is 4.26. The number of hydrogen-bond donors (Lipinski definition) is 0. The maximum absolute atomic E-state index is 8.81. The lowest BCUT2D eigenvalue weighted by Gasteiger charge is -2.10. The number of para-hydroxylation sites is 3. The van der Waals surface area contributed by atoms with Gasteiger partial charge in [0.2, 0.25) is 0 Å². The van der Waals surface area contributed by atoms with Crippen molar-refractivity contribution in [1.82, 2.24) is 19.5 Å². The van der Waals surface area contributed by atoms with Crippen LogP contribution in [0.15, 0.2) is 166 Å². The van der Waals surface area contributed by atoms with Gasteiger partial charge in [-0.25, -0.2) is 15.0 Å². The molecule has 0 saturated heterocycles. The first-order chi connectivity index (χ1) is 27.3. The van der Waals surface area contributed by atoms with Gasteiger partial charge < -0.3 is 13.4 Å². The van der Waals surface area contributed by atoms with Crippen molar-refractivity contribution in [3.8, 4) is 39.9 Å². The average molecular weight is 660 g/mol. The Morgan fingerprint density at radius 2 is 1.08 bits per heavy atom. The number of fused-ring (bicyclic) bond motifs is 9. The molecule has 4 heterocycles. The lowest BCUT2D eigenvalue weighted by atomic mass is 10.0. The summed E-state index contributed by atoms with van der Waals surface area (Å²) in [6, 6.07) is 39.7. The molecule has 11 aromatic rings. The minimum atomic E-state index is -0.498. The highest BCUT2D eigenvalue weighted by Gasteiger charge is 2.20. The summed E-state index contributed by atoms with van der Waals surface area (Å²) < 4.78 is 57.5. The van der Waals surface area contributed by atoms with Crippen molar-refractivity contribution in [2.75, 3.05) is 0 Å². The molecule has 0 spiro atoms. The molecule has 6 heteroatoms. The fraction of sp³-hybridized carbons (Fsp3) is 0. The quantitative estimate of drug-likeness (QED) is 0.188. The number of furan rings is 2. The summed E-state index contributed by atoms with van der Waals surface area (Å²) in [5.41, 5.74) is 6.88. The highest BCUT2D eigenvalue weighted by molar-refractivity contribution is 6.14. The minimum Gasteiger partial charge on any atom is -0.456 e. The molecular weight excluding hydrogens is 629 g/mol. The van der Waals surface area contributed by atoms with Crippen LogP contribution in [0.3, 0.4) is 0 Å². The highest BCUT2D eigenvalue weighted by atomic mass is 16.3. The minimum absolute atomic E-state index is 0.0533. The van der Waals surface area contributed by atoms with Crippen LogP contribution in [0, 0.1) is 0 Å². The Kier molecular flexibility index (Phi) is 4.91. The highest BCUT2D eigenvalue weighted by Crippen LogP contribution is 2.40. The Bertz CT molecular complexity index is 3380. The molecule has 7 aromatic carbocycles. The van der Waals surface area contributed by atoms with Crippen LogP contribution < -0.4 is 0 Å². The van der Waals surface area contributed by atoms with Gasteiger partial charge in [0.25, 0.3) is 0 Å². The molecule has 238 valence electrons. The molecule has 6 nitrogen and oxygen atoms in total. The molecule has 0 atom stereocenters. The monoisotopic (exact) mass is 659 g/mol.